The molecule has 0 saturated heterocycles. The zero-order chi connectivity index (χ0) is 22.0. The molecule has 4 rings (SSSR count). The quantitative estimate of drug-likeness (QED) is 0.544. The van der Waals surface area contributed by atoms with Crippen LogP contribution in [-0.2, 0) is 9.53 Å². The molecule has 1 aromatic heterocycles. The molecule has 9 nitrogen and oxygen atoms in total. The van der Waals surface area contributed by atoms with Gasteiger partial charge in [-0.1, -0.05) is 18.7 Å². The first-order valence-electron chi connectivity index (χ1n) is 9.70. The predicted octanol–water partition coefficient (Wildman–Crippen LogP) is 2.94. The first kappa shape index (κ1) is 20.1. The van der Waals surface area contributed by atoms with Crippen LogP contribution < -0.4 is 10.6 Å². The Kier molecular flexibility index (Phi) is 5.40. The number of nitrogens with one attached hydrogen (secondary N) is 2. The van der Waals surface area contributed by atoms with Crippen molar-refractivity contribution < 1.29 is 19.4 Å². The Balaban J connectivity index is 1.62. The molecular weight excluding hydrogens is 398 g/mol. The predicted molar refractivity (Wildman–Crippen MR) is 114 cm³/mol. The van der Waals surface area contributed by atoms with Gasteiger partial charge in [0.1, 0.15) is 18.0 Å². The number of benzene rings is 2. The highest BCUT2D eigenvalue weighted by Gasteiger charge is 2.39. The van der Waals surface area contributed by atoms with E-state index in [0.29, 0.717) is 28.5 Å². The van der Waals surface area contributed by atoms with Crippen molar-refractivity contribution in [1.82, 2.24) is 14.8 Å². The van der Waals surface area contributed by atoms with Gasteiger partial charge in [-0.05, 0) is 48.9 Å². The molecule has 31 heavy (non-hydrogen) atoms. The lowest BCUT2D eigenvalue weighted by atomic mass is 9.88. The summed E-state index contributed by atoms with van der Waals surface area (Å²) in [5, 5.41) is 20.1. The first-order chi connectivity index (χ1) is 15.0. The molecule has 1 aliphatic rings. The van der Waals surface area contributed by atoms with Gasteiger partial charge in [-0.25, -0.2) is 9.48 Å². The average Bonchev–Trinajstić information content (AvgIpc) is 3.21. The summed E-state index contributed by atoms with van der Waals surface area (Å²) >= 11 is 0. The molecule has 2 aromatic carbocycles. The molecule has 0 radical (unpaired) electrons. The molecule has 1 aliphatic heterocycles. The Morgan fingerprint density at radius 1 is 1.26 bits per heavy atom. The number of nitrogens with zero attached hydrogens (tertiary/aromatic N) is 3. The molecule has 0 bridgehead atoms. The Morgan fingerprint density at radius 3 is 2.74 bits per heavy atom. The van der Waals surface area contributed by atoms with Crippen LogP contribution in [0.4, 0.5) is 11.6 Å². The lowest BCUT2D eigenvalue weighted by Gasteiger charge is -2.33. The van der Waals surface area contributed by atoms with E-state index in [9.17, 15) is 14.7 Å². The fraction of sp³-hybridized carbons (Fsp3) is 0.182. The summed E-state index contributed by atoms with van der Waals surface area (Å²) in [6.07, 6.45) is 1.39. The molecule has 0 aliphatic carbocycles. The second-order valence-electron chi connectivity index (χ2n) is 6.98. The van der Waals surface area contributed by atoms with Crippen LogP contribution in [0.3, 0.4) is 0 Å². The van der Waals surface area contributed by atoms with Gasteiger partial charge in [-0.2, -0.15) is 10.1 Å². The van der Waals surface area contributed by atoms with E-state index >= 15 is 0 Å². The van der Waals surface area contributed by atoms with Gasteiger partial charge >= 0.3 is 5.97 Å². The molecule has 2 heterocycles. The SMILES string of the molecule is C=C1Nc2ncnn2C(c2cccc(O)c2)C1C(=O)Nc1ccc(C(=O)OCC)cc1. The number of esters is 1. The molecule has 9 heteroatoms. The van der Waals surface area contributed by atoms with E-state index in [-0.39, 0.29) is 18.3 Å². The second-order valence-corrected chi connectivity index (χ2v) is 6.98. The number of aromatic hydroxyl groups is 1. The van der Waals surface area contributed by atoms with E-state index in [1.807, 2.05) is 6.07 Å². The number of phenols is 1. The Hall–Kier alpha value is -4.14. The van der Waals surface area contributed by atoms with Crippen LogP contribution in [0.1, 0.15) is 28.9 Å². The molecule has 2 unspecified atom stereocenters. The summed E-state index contributed by atoms with van der Waals surface area (Å²) in [7, 11) is 0. The van der Waals surface area contributed by atoms with Gasteiger partial charge < -0.3 is 20.5 Å². The normalized spacial score (nSPS) is 17.4. The second kappa shape index (κ2) is 8.31. The lowest BCUT2D eigenvalue weighted by molar-refractivity contribution is -0.119. The number of carbonyl (C=O) groups excluding carboxylic acids is 2. The maximum atomic E-state index is 13.3. The van der Waals surface area contributed by atoms with E-state index in [2.05, 4.69) is 27.3 Å². The van der Waals surface area contributed by atoms with Gasteiger partial charge in [0.05, 0.1) is 18.2 Å². The third-order valence-electron chi connectivity index (χ3n) is 4.96. The van der Waals surface area contributed by atoms with Gasteiger partial charge in [0.15, 0.2) is 0 Å². The minimum absolute atomic E-state index is 0.0806. The minimum Gasteiger partial charge on any atom is -0.508 e. The van der Waals surface area contributed by atoms with Gasteiger partial charge in [0.2, 0.25) is 11.9 Å². The molecule has 158 valence electrons. The van der Waals surface area contributed by atoms with Crippen LogP contribution in [0.5, 0.6) is 5.75 Å². The van der Waals surface area contributed by atoms with Crippen molar-refractivity contribution in [2.75, 3.05) is 17.2 Å². The summed E-state index contributed by atoms with van der Waals surface area (Å²) in [5.41, 5.74) is 2.06. The highest BCUT2D eigenvalue weighted by atomic mass is 16.5. The van der Waals surface area contributed by atoms with E-state index in [0.717, 1.165) is 0 Å². The van der Waals surface area contributed by atoms with Crippen LogP contribution in [0.15, 0.2) is 67.1 Å². The summed E-state index contributed by atoms with van der Waals surface area (Å²) < 4.78 is 6.57. The van der Waals surface area contributed by atoms with Crippen molar-refractivity contribution in [1.29, 1.82) is 0 Å². The summed E-state index contributed by atoms with van der Waals surface area (Å²) in [6, 6.07) is 12.5. The molecular formula is C22H21N5O4. The standard InChI is InChI=1S/C22H21N5O4/c1-3-31-21(30)14-7-9-16(10-8-14)26-20(29)18-13(2)25-22-23-12-24-27(22)19(18)15-5-4-6-17(28)11-15/h4-12,18-19,28H,2-3H2,1H3,(H,26,29)(H,23,24,25). The Morgan fingerprint density at radius 2 is 2.03 bits per heavy atom. The molecule has 3 aromatic rings. The summed E-state index contributed by atoms with van der Waals surface area (Å²) in [5.74, 6) is -0.942. The maximum Gasteiger partial charge on any atom is 0.338 e. The highest BCUT2D eigenvalue weighted by molar-refractivity contribution is 5.96. The average molecular weight is 419 g/mol. The number of hydrogen-bond donors (Lipinski definition) is 3. The number of rotatable bonds is 5. The molecule has 0 fully saturated rings. The molecule has 0 saturated carbocycles. The Bertz CT molecular complexity index is 1140. The number of anilines is 2. The number of amides is 1. The minimum atomic E-state index is -0.735. The van der Waals surface area contributed by atoms with Gasteiger partial charge in [0, 0.05) is 11.4 Å². The van der Waals surface area contributed by atoms with Crippen LogP contribution in [0.25, 0.3) is 0 Å². The van der Waals surface area contributed by atoms with Gasteiger partial charge in [0.25, 0.3) is 0 Å². The van der Waals surface area contributed by atoms with E-state index in [1.54, 1.807) is 54.1 Å². The fourth-order valence-electron chi connectivity index (χ4n) is 3.56. The number of ether oxygens (including phenoxy) is 1. The van der Waals surface area contributed by atoms with E-state index in [1.165, 1.54) is 6.33 Å². The number of hydrogen-bond acceptors (Lipinski definition) is 7. The Labute approximate surface area is 178 Å². The smallest absolute Gasteiger partial charge is 0.338 e. The zero-order valence-electron chi connectivity index (χ0n) is 16.8. The molecule has 1 amide bonds. The number of carbonyl (C=O) groups is 2. The van der Waals surface area contributed by atoms with Crippen molar-refractivity contribution in [3.63, 3.8) is 0 Å². The van der Waals surface area contributed by atoms with Crippen LogP contribution in [0, 0.1) is 5.92 Å². The van der Waals surface area contributed by atoms with Crippen molar-refractivity contribution in [3.8, 4) is 5.75 Å². The largest absolute Gasteiger partial charge is 0.508 e. The number of phenolic OH excluding ortho intramolecular Hbond substituents is 1. The monoisotopic (exact) mass is 419 g/mol. The summed E-state index contributed by atoms with van der Waals surface area (Å²) in [6.45, 7) is 6.04. The van der Waals surface area contributed by atoms with Crippen molar-refractivity contribution in [2.45, 2.75) is 13.0 Å². The van der Waals surface area contributed by atoms with Crippen molar-refractivity contribution in [3.05, 3.63) is 78.3 Å². The van der Waals surface area contributed by atoms with Crippen LogP contribution in [0.2, 0.25) is 0 Å². The van der Waals surface area contributed by atoms with Crippen molar-refractivity contribution >= 4 is 23.5 Å². The molecule has 2 atom stereocenters. The van der Waals surface area contributed by atoms with E-state index < -0.39 is 17.9 Å². The zero-order valence-corrected chi connectivity index (χ0v) is 16.8. The molecule has 0 spiro atoms. The third kappa shape index (κ3) is 3.97. The van der Waals surface area contributed by atoms with Crippen LogP contribution in [-0.4, -0.2) is 38.4 Å². The molecule has 3 N–H and O–H groups in total. The maximum absolute atomic E-state index is 13.3. The van der Waals surface area contributed by atoms with Crippen molar-refractivity contribution in [2.24, 2.45) is 5.92 Å². The lowest BCUT2D eigenvalue weighted by Crippen LogP contribution is -2.39. The first-order valence-corrected chi connectivity index (χ1v) is 9.70. The number of fused-ring (bicyclic) bond motifs is 1. The topological polar surface area (TPSA) is 118 Å². The van der Waals surface area contributed by atoms with Crippen LogP contribution >= 0.6 is 0 Å². The summed E-state index contributed by atoms with van der Waals surface area (Å²) in [4.78, 5) is 29.3. The third-order valence-corrected chi connectivity index (χ3v) is 4.96. The highest BCUT2D eigenvalue weighted by Crippen LogP contribution is 2.38. The fourth-order valence-corrected chi connectivity index (χ4v) is 3.56. The van der Waals surface area contributed by atoms with E-state index in [4.69, 9.17) is 4.74 Å². The van der Waals surface area contributed by atoms with Gasteiger partial charge in [-0.15, -0.1) is 0 Å². The number of aromatic nitrogens is 3. The van der Waals surface area contributed by atoms with Gasteiger partial charge in [-0.3, -0.25) is 4.79 Å².